The van der Waals surface area contributed by atoms with Gasteiger partial charge in [0.1, 0.15) is 11.4 Å². The number of aromatic nitrogens is 2. The third-order valence-electron chi connectivity index (χ3n) is 7.58. The Morgan fingerprint density at radius 1 is 0.929 bits per heavy atom. The topological polar surface area (TPSA) is 112 Å². The first-order valence-corrected chi connectivity index (χ1v) is 14.3. The van der Waals surface area contributed by atoms with Gasteiger partial charge in [0.15, 0.2) is 17.4 Å². The predicted octanol–water partition coefficient (Wildman–Crippen LogP) is 5.96. The molecule has 2 N–H and O–H groups in total. The van der Waals surface area contributed by atoms with Crippen molar-refractivity contribution in [2.45, 2.75) is 57.4 Å². The van der Waals surface area contributed by atoms with Crippen molar-refractivity contribution < 1.29 is 32.6 Å². The number of methoxy groups -OCH3 is 1. The first kappa shape index (κ1) is 29.2. The van der Waals surface area contributed by atoms with Crippen molar-refractivity contribution in [2.75, 3.05) is 25.6 Å². The average molecular weight is 581 g/mol. The first-order valence-electron chi connectivity index (χ1n) is 14.3. The number of carbonyl (C=O) groups excluding carboxylic acids is 2. The number of benzene rings is 2. The van der Waals surface area contributed by atoms with Crippen LogP contribution in [0.1, 0.15) is 61.7 Å². The van der Waals surface area contributed by atoms with Gasteiger partial charge in [-0.15, -0.1) is 0 Å². The molecule has 0 unspecified atom stereocenters. The van der Waals surface area contributed by atoms with Gasteiger partial charge in [-0.05, 0) is 81.7 Å². The molecule has 1 aliphatic heterocycles. The van der Waals surface area contributed by atoms with Gasteiger partial charge in [0.05, 0.1) is 38.0 Å². The molecule has 5 rings (SSSR count). The fraction of sp³-hybridized carbons (Fsp3) is 0.419. The molecular formula is C31H34F2N4O5. The van der Waals surface area contributed by atoms with Crippen LogP contribution in [0.2, 0.25) is 0 Å². The van der Waals surface area contributed by atoms with Crippen molar-refractivity contribution in [1.29, 1.82) is 0 Å². The molecule has 2 heterocycles. The maximum Gasteiger partial charge on any atom is 0.308 e. The quantitative estimate of drug-likeness (QED) is 0.365. The molecule has 1 aliphatic carbocycles. The summed E-state index contributed by atoms with van der Waals surface area (Å²) in [5.74, 6) is -1.23. The normalized spacial score (nSPS) is 19.1. The monoisotopic (exact) mass is 580 g/mol. The molecule has 0 spiro atoms. The fourth-order valence-electron chi connectivity index (χ4n) is 5.25. The minimum atomic E-state index is -0.663. The molecule has 6 bridgehead atoms. The summed E-state index contributed by atoms with van der Waals surface area (Å²) in [6.07, 6.45) is 6.90. The summed E-state index contributed by atoms with van der Waals surface area (Å²) in [4.78, 5) is 33.5. The maximum atomic E-state index is 14.7. The standard InChI is InChI=1S/C31H34F2N4O5/c1-40-30(39)19-6-9-21(10-7-19)35-29(38)23-12-11-22-17-26(23)41-14-4-2-3-5-15-42-27-16-20(8-13-24(27)32)28-25(33)18-34-31(36-22)37-28/h8,11-13,16-19,21H,2-7,9-10,14-15H2,1H3,(H,35,38)(H,34,36,37). The zero-order chi connectivity index (χ0) is 29.5. The Hall–Kier alpha value is -4.28. The largest absolute Gasteiger partial charge is 0.493 e. The number of hydrogen-bond donors (Lipinski definition) is 2. The number of halogens is 2. The molecule has 42 heavy (non-hydrogen) atoms. The molecule has 11 heteroatoms. The number of anilines is 2. The Labute approximate surface area is 243 Å². The van der Waals surface area contributed by atoms with Gasteiger partial charge in [0.25, 0.3) is 5.91 Å². The van der Waals surface area contributed by atoms with Gasteiger partial charge in [-0.2, -0.15) is 0 Å². The molecule has 9 nitrogen and oxygen atoms in total. The van der Waals surface area contributed by atoms with E-state index in [0.717, 1.165) is 25.5 Å². The minimum absolute atomic E-state index is 0.00661. The van der Waals surface area contributed by atoms with E-state index in [0.29, 0.717) is 67.9 Å². The first-order chi connectivity index (χ1) is 20.4. The second-order valence-electron chi connectivity index (χ2n) is 10.5. The molecule has 2 aliphatic rings. The van der Waals surface area contributed by atoms with Crippen LogP contribution < -0.4 is 20.1 Å². The van der Waals surface area contributed by atoms with Gasteiger partial charge in [-0.25, -0.2) is 18.7 Å². The number of fused-ring (bicyclic) bond motifs is 7. The number of nitrogens with zero attached hydrogens (tertiary/aromatic N) is 2. The van der Waals surface area contributed by atoms with Crippen LogP contribution in [0.25, 0.3) is 11.3 Å². The van der Waals surface area contributed by atoms with Gasteiger partial charge in [-0.1, -0.05) is 0 Å². The van der Waals surface area contributed by atoms with Crippen LogP contribution in [0.5, 0.6) is 11.5 Å². The number of esters is 1. The zero-order valence-corrected chi connectivity index (χ0v) is 23.5. The van der Waals surface area contributed by atoms with Crippen LogP contribution in [-0.2, 0) is 9.53 Å². The van der Waals surface area contributed by atoms with Gasteiger partial charge in [0.2, 0.25) is 5.95 Å². The van der Waals surface area contributed by atoms with Crippen molar-refractivity contribution in [3.8, 4) is 22.8 Å². The number of carbonyl (C=O) groups is 2. The highest BCUT2D eigenvalue weighted by molar-refractivity contribution is 5.97. The lowest BCUT2D eigenvalue weighted by atomic mass is 9.86. The predicted molar refractivity (Wildman–Crippen MR) is 152 cm³/mol. The van der Waals surface area contributed by atoms with E-state index in [1.165, 1.54) is 25.3 Å². The molecule has 0 radical (unpaired) electrons. The summed E-state index contributed by atoms with van der Waals surface area (Å²) in [6.45, 7) is 0.705. The molecular weight excluding hydrogens is 546 g/mol. The third kappa shape index (κ3) is 7.13. The van der Waals surface area contributed by atoms with Gasteiger partial charge in [-0.3, -0.25) is 9.59 Å². The molecule has 2 aromatic carbocycles. The number of rotatable bonds is 3. The van der Waals surface area contributed by atoms with E-state index < -0.39 is 11.6 Å². The number of ether oxygens (including phenoxy) is 3. The molecule has 3 aromatic rings. The van der Waals surface area contributed by atoms with Crippen molar-refractivity contribution in [1.82, 2.24) is 15.3 Å². The van der Waals surface area contributed by atoms with E-state index >= 15 is 0 Å². The lowest BCUT2D eigenvalue weighted by molar-refractivity contribution is -0.146. The number of hydrogen-bond acceptors (Lipinski definition) is 8. The number of amides is 1. The molecule has 0 atom stereocenters. The second kappa shape index (κ2) is 13.6. The molecule has 1 amide bonds. The van der Waals surface area contributed by atoms with Gasteiger partial charge >= 0.3 is 5.97 Å². The van der Waals surface area contributed by atoms with Crippen LogP contribution in [0.15, 0.2) is 42.6 Å². The Bertz CT molecular complexity index is 1430. The highest BCUT2D eigenvalue weighted by Gasteiger charge is 2.28. The zero-order valence-electron chi connectivity index (χ0n) is 23.5. The molecule has 1 aromatic heterocycles. The second-order valence-corrected chi connectivity index (χ2v) is 10.5. The van der Waals surface area contributed by atoms with E-state index in [1.54, 1.807) is 18.2 Å². The average Bonchev–Trinajstić information content (AvgIpc) is 3.00. The van der Waals surface area contributed by atoms with Crippen LogP contribution in [0.3, 0.4) is 0 Å². The Kier molecular flexibility index (Phi) is 9.45. The minimum Gasteiger partial charge on any atom is -0.493 e. The summed E-state index contributed by atoms with van der Waals surface area (Å²) >= 11 is 0. The van der Waals surface area contributed by atoms with E-state index in [1.807, 2.05) is 0 Å². The molecule has 0 saturated heterocycles. The van der Waals surface area contributed by atoms with E-state index in [-0.39, 0.29) is 41.2 Å². The Morgan fingerprint density at radius 2 is 1.67 bits per heavy atom. The van der Waals surface area contributed by atoms with Crippen LogP contribution in [-0.4, -0.2) is 48.2 Å². The van der Waals surface area contributed by atoms with Gasteiger partial charge in [0, 0.05) is 23.4 Å². The van der Waals surface area contributed by atoms with E-state index in [9.17, 15) is 18.4 Å². The lowest BCUT2D eigenvalue weighted by Crippen LogP contribution is -2.39. The fourth-order valence-corrected chi connectivity index (χ4v) is 5.25. The van der Waals surface area contributed by atoms with E-state index in [4.69, 9.17) is 14.2 Å². The van der Waals surface area contributed by atoms with Gasteiger partial charge < -0.3 is 24.8 Å². The smallest absolute Gasteiger partial charge is 0.308 e. The molecule has 222 valence electrons. The van der Waals surface area contributed by atoms with E-state index in [2.05, 4.69) is 20.6 Å². The van der Waals surface area contributed by atoms with Crippen molar-refractivity contribution in [3.05, 3.63) is 59.8 Å². The maximum absolute atomic E-state index is 14.7. The summed E-state index contributed by atoms with van der Waals surface area (Å²) in [7, 11) is 1.39. The Morgan fingerprint density at radius 3 is 2.40 bits per heavy atom. The van der Waals surface area contributed by atoms with Crippen molar-refractivity contribution in [3.63, 3.8) is 0 Å². The third-order valence-corrected chi connectivity index (χ3v) is 7.58. The summed E-state index contributed by atoms with van der Waals surface area (Å²) in [6, 6.07) is 9.12. The lowest BCUT2D eigenvalue weighted by Gasteiger charge is -2.27. The van der Waals surface area contributed by atoms with Crippen LogP contribution >= 0.6 is 0 Å². The summed E-state index contributed by atoms with van der Waals surface area (Å²) in [5.41, 5.74) is 1.28. The summed E-state index contributed by atoms with van der Waals surface area (Å²) < 4.78 is 45.7. The van der Waals surface area contributed by atoms with Crippen LogP contribution in [0, 0.1) is 17.6 Å². The molecule has 1 saturated carbocycles. The number of nitrogens with one attached hydrogen (secondary N) is 2. The SMILES string of the molecule is COC(=O)C1CCC(NC(=O)c2ccc3cc2OCCCCCCOc2cc(ccc2F)-c2nc(ncc2F)N3)CC1. The highest BCUT2D eigenvalue weighted by Crippen LogP contribution is 2.31. The highest BCUT2D eigenvalue weighted by atomic mass is 19.1. The Balaban J connectivity index is 1.37. The summed E-state index contributed by atoms with van der Waals surface area (Å²) in [5, 5.41) is 6.14. The van der Waals surface area contributed by atoms with Crippen molar-refractivity contribution in [2.24, 2.45) is 5.92 Å². The molecule has 1 fully saturated rings. The van der Waals surface area contributed by atoms with Crippen molar-refractivity contribution >= 4 is 23.5 Å². The van der Waals surface area contributed by atoms with Crippen LogP contribution in [0.4, 0.5) is 20.4 Å².